The highest BCUT2D eigenvalue weighted by Crippen LogP contribution is 2.30. The first-order valence-corrected chi connectivity index (χ1v) is 7.29. The first-order chi connectivity index (χ1) is 9.22. The molecule has 0 spiro atoms. The number of aromatic nitrogens is 2. The molecule has 0 saturated carbocycles. The summed E-state index contributed by atoms with van der Waals surface area (Å²) in [5.74, 6) is 1.49. The molecule has 6 heteroatoms. The van der Waals surface area contributed by atoms with E-state index in [-0.39, 0.29) is 0 Å². The fourth-order valence-corrected chi connectivity index (χ4v) is 2.62. The van der Waals surface area contributed by atoms with E-state index in [4.69, 9.17) is 16.3 Å². The maximum atomic E-state index is 5.97. The number of nitrogens with zero attached hydrogens (tertiary/aromatic N) is 2. The van der Waals surface area contributed by atoms with Gasteiger partial charge < -0.3 is 10.1 Å². The van der Waals surface area contributed by atoms with E-state index in [1.54, 1.807) is 7.11 Å². The highest BCUT2D eigenvalue weighted by atomic mass is 35.5. The third kappa shape index (κ3) is 3.89. The van der Waals surface area contributed by atoms with E-state index in [1.807, 2.05) is 18.2 Å². The van der Waals surface area contributed by atoms with Gasteiger partial charge in [-0.3, -0.25) is 0 Å². The number of nitrogens with one attached hydrogen (secondary N) is 1. The van der Waals surface area contributed by atoms with Crippen molar-refractivity contribution in [2.24, 2.45) is 0 Å². The van der Waals surface area contributed by atoms with Gasteiger partial charge in [0.05, 0.1) is 14.9 Å². The Morgan fingerprint density at radius 1 is 1.37 bits per heavy atom. The predicted octanol–water partition coefficient (Wildman–Crippen LogP) is 3.83. The number of thiophene rings is 1. The highest BCUT2D eigenvalue weighted by Gasteiger charge is 2.08. The SMILES string of the molecule is CCCNc1cc(-c2ccc(Cl)s2)nc(COC)n1. The second-order valence-electron chi connectivity index (χ2n) is 4.02. The van der Waals surface area contributed by atoms with Crippen molar-refractivity contribution < 1.29 is 4.74 Å². The number of rotatable bonds is 6. The Labute approximate surface area is 121 Å². The van der Waals surface area contributed by atoms with Crippen LogP contribution in [0.2, 0.25) is 4.34 Å². The molecule has 0 radical (unpaired) electrons. The maximum absolute atomic E-state index is 5.97. The minimum atomic E-state index is 0.397. The van der Waals surface area contributed by atoms with E-state index in [9.17, 15) is 0 Å². The van der Waals surface area contributed by atoms with Crippen molar-refractivity contribution in [3.63, 3.8) is 0 Å². The van der Waals surface area contributed by atoms with E-state index in [1.165, 1.54) is 11.3 Å². The lowest BCUT2D eigenvalue weighted by molar-refractivity contribution is 0.178. The Kier molecular flexibility index (Phi) is 5.13. The number of hydrogen-bond acceptors (Lipinski definition) is 5. The summed E-state index contributed by atoms with van der Waals surface area (Å²) >= 11 is 7.48. The molecule has 0 bridgehead atoms. The van der Waals surface area contributed by atoms with E-state index in [2.05, 4.69) is 22.2 Å². The molecule has 0 aliphatic carbocycles. The van der Waals surface area contributed by atoms with Crippen molar-refractivity contribution in [2.45, 2.75) is 20.0 Å². The Hall–Kier alpha value is -1.17. The minimum absolute atomic E-state index is 0.397. The molecule has 0 aromatic carbocycles. The molecule has 1 N–H and O–H groups in total. The Morgan fingerprint density at radius 2 is 2.21 bits per heavy atom. The van der Waals surface area contributed by atoms with Crippen LogP contribution in [0.15, 0.2) is 18.2 Å². The van der Waals surface area contributed by atoms with Gasteiger partial charge in [0.25, 0.3) is 0 Å². The monoisotopic (exact) mass is 297 g/mol. The summed E-state index contributed by atoms with van der Waals surface area (Å²) in [5, 5.41) is 3.28. The van der Waals surface area contributed by atoms with E-state index >= 15 is 0 Å². The molecule has 0 aliphatic rings. The van der Waals surface area contributed by atoms with Crippen LogP contribution in [-0.4, -0.2) is 23.6 Å². The van der Waals surface area contributed by atoms with Gasteiger partial charge in [0, 0.05) is 19.7 Å². The number of methoxy groups -OCH3 is 1. The maximum Gasteiger partial charge on any atom is 0.157 e. The summed E-state index contributed by atoms with van der Waals surface area (Å²) < 4.78 is 5.86. The molecule has 2 rings (SSSR count). The van der Waals surface area contributed by atoms with Gasteiger partial charge in [-0.2, -0.15) is 0 Å². The van der Waals surface area contributed by atoms with Crippen LogP contribution in [0.25, 0.3) is 10.6 Å². The molecule has 4 nitrogen and oxygen atoms in total. The average Bonchev–Trinajstić information content (AvgIpc) is 2.83. The lowest BCUT2D eigenvalue weighted by Crippen LogP contribution is -2.06. The molecule has 0 aliphatic heterocycles. The minimum Gasteiger partial charge on any atom is -0.377 e. The van der Waals surface area contributed by atoms with Crippen LogP contribution in [0.3, 0.4) is 0 Å². The second kappa shape index (κ2) is 6.84. The lowest BCUT2D eigenvalue weighted by atomic mass is 10.3. The average molecular weight is 298 g/mol. The third-order valence-electron chi connectivity index (χ3n) is 2.43. The van der Waals surface area contributed by atoms with Gasteiger partial charge in [-0.25, -0.2) is 9.97 Å². The van der Waals surface area contributed by atoms with Gasteiger partial charge >= 0.3 is 0 Å². The van der Waals surface area contributed by atoms with Crippen molar-refractivity contribution in [2.75, 3.05) is 19.0 Å². The highest BCUT2D eigenvalue weighted by molar-refractivity contribution is 7.19. The van der Waals surface area contributed by atoms with Crippen molar-refractivity contribution in [1.29, 1.82) is 0 Å². The first kappa shape index (κ1) is 14.2. The smallest absolute Gasteiger partial charge is 0.157 e. The van der Waals surface area contributed by atoms with Crippen molar-refractivity contribution >= 4 is 28.8 Å². The summed E-state index contributed by atoms with van der Waals surface area (Å²) in [7, 11) is 1.64. The first-order valence-electron chi connectivity index (χ1n) is 6.09. The van der Waals surface area contributed by atoms with Gasteiger partial charge in [0.15, 0.2) is 5.82 Å². The lowest BCUT2D eigenvalue weighted by Gasteiger charge is -2.08. The standard InChI is InChI=1S/C13H16ClN3OS/c1-3-6-15-12-7-9(10-4-5-11(14)19-10)16-13(17-12)8-18-2/h4-5,7H,3,6,8H2,1-2H3,(H,15,16,17). The van der Waals surface area contributed by atoms with Crippen LogP contribution < -0.4 is 5.32 Å². The topological polar surface area (TPSA) is 47.0 Å². The van der Waals surface area contributed by atoms with Crippen LogP contribution >= 0.6 is 22.9 Å². The van der Waals surface area contributed by atoms with E-state index in [0.717, 1.165) is 33.7 Å². The Balaban J connectivity index is 2.33. The van der Waals surface area contributed by atoms with Crippen LogP contribution in [0.1, 0.15) is 19.2 Å². The molecule has 0 fully saturated rings. The summed E-state index contributed by atoms with van der Waals surface area (Å²) in [5.41, 5.74) is 0.873. The third-order valence-corrected chi connectivity index (χ3v) is 3.68. The van der Waals surface area contributed by atoms with Crippen molar-refractivity contribution in [1.82, 2.24) is 9.97 Å². The van der Waals surface area contributed by atoms with Crippen LogP contribution in [0.4, 0.5) is 5.82 Å². The van der Waals surface area contributed by atoms with E-state index in [0.29, 0.717) is 12.4 Å². The van der Waals surface area contributed by atoms with Gasteiger partial charge in [0.2, 0.25) is 0 Å². The van der Waals surface area contributed by atoms with E-state index < -0.39 is 0 Å². The Bertz CT molecular complexity index is 544. The predicted molar refractivity (Wildman–Crippen MR) is 79.8 cm³/mol. The zero-order valence-corrected chi connectivity index (χ0v) is 12.5. The van der Waals surface area contributed by atoms with Gasteiger partial charge in [-0.15, -0.1) is 11.3 Å². The molecule has 19 heavy (non-hydrogen) atoms. The number of ether oxygens (including phenoxy) is 1. The second-order valence-corrected chi connectivity index (χ2v) is 5.73. The van der Waals surface area contributed by atoms with Crippen molar-refractivity contribution in [3.05, 3.63) is 28.4 Å². The number of anilines is 1. The van der Waals surface area contributed by atoms with Gasteiger partial charge in [-0.1, -0.05) is 18.5 Å². The molecule has 2 aromatic heterocycles. The summed E-state index contributed by atoms with van der Waals surface area (Å²) in [6, 6.07) is 5.78. The fraction of sp³-hybridized carbons (Fsp3) is 0.385. The van der Waals surface area contributed by atoms with Gasteiger partial charge in [-0.05, 0) is 18.6 Å². The van der Waals surface area contributed by atoms with Crippen LogP contribution in [0, 0.1) is 0 Å². The molecule has 102 valence electrons. The summed E-state index contributed by atoms with van der Waals surface area (Å²) in [4.78, 5) is 9.94. The van der Waals surface area contributed by atoms with Crippen molar-refractivity contribution in [3.8, 4) is 10.6 Å². The summed E-state index contributed by atoms with van der Waals surface area (Å²) in [6.45, 7) is 3.39. The molecular weight excluding hydrogens is 282 g/mol. The molecule has 2 aromatic rings. The molecule has 0 unspecified atom stereocenters. The summed E-state index contributed by atoms with van der Waals surface area (Å²) in [6.07, 6.45) is 1.05. The van der Waals surface area contributed by atoms with Crippen LogP contribution in [-0.2, 0) is 11.3 Å². The molecule has 0 atom stereocenters. The number of hydrogen-bond donors (Lipinski definition) is 1. The molecule has 0 saturated heterocycles. The zero-order chi connectivity index (χ0) is 13.7. The fourth-order valence-electron chi connectivity index (χ4n) is 1.61. The zero-order valence-electron chi connectivity index (χ0n) is 10.9. The largest absolute Gasteiger partial charge is 0.377 e. The number of halogens is 1. The normalized spacial score (nSPS) is 10.7. The molecular formula is C13H16ClN3OS. The molecule has 0 amide bonds. The molecule has 2 heterocycles. The Morgan fingerprint density at radius 3 is 2.84 bits per heavy atom. The van der Waals surface area contributed by atoms with Crippen LogP contribution in [0.5, 0.6) is 0 Å². The van der Waals surface area contributed by atoms with Gasteiger partial charge in [0.1, 0.15) is 12.4 Å². The quantitative estimate of drug-likeness (QED) is 0.880.